The summed E-state index contributed by atoms with van der Waals surface area (Å²) in [6, 6.07) is 0.801. The van der Waals surface area contributed by atoms with Crippen LogP contribution in [0, 0.1) is 11.3 Å². The van der Waals surface area contributed by atoms with E-state index in [4.69, 9.17) is 10.00 Å². The summed E-state index contributed by atoms with van der Waals surface area (Å²) in [5.74, 6) is -3.68. The van der Waals surface area contributed by atoms with Crippen molar-refractivity contribution >= 4 is 11.9 Å². The SMILES string of the molecule is C=CCCC(=O)N(C)C(CCN1CCCC(F)(F)C1)C(=O)OCC#N. The number of ether oxygens (including phenoxy) is 1. The third kappa shape index (κ3) is 7.18. The van der Waals surface area contributed by atoms with E-state index in [1.54, 1.807) is 17.0 Å². The zero-order valence-corrected chi connectivity index (χ0v) is 14.5. The summed E-state index contributed by atoms with van der Waals surface area (Å²) in [7, 11) is 1.48. The Morgan fingerprint density at radius 3 is 2.84 bits per heavy atom. The molecule has 0 spiro atoms. The second-order valence-corrected chi connectivity index (χ2v) is 6.14. The maximum Gasteiger partial charge on any atom is 0.329 e. The molecule has 0 aromatic heterocycles. The summed E-state index contributed by atoms with van der Waals surface area (Å²) >= 11 is 0. The van der Waals surface area contributed by atoms with Gasteiger partial charge in [0.05, 0.1) is 6.54 Å². The van der Waals surface area contributed by atoms with Gasteiger partial charge in [0.15, 0.2) is 6.61 Å². The Balaban J connectivity index is 2.70. The molecule has 0 radical (unpaired) electrons. The summed E-state index contributed by atoms with van der Waals surface area (Å²) < 4.78 is 31.8. The van der Waals surface area contributed by atoms with Crippen molar-refractivity contribution in [1.82, 2.24) is 9.80 Å². The number of hydrogen-bond acceptors (Lipinski definition) is 5. The maximum absolute atomic E-state index is 13.5. The van der Waals surface area contributed by atoms with E-state index >= 15 is 0 Å². The minimum atomic E-state index is -2.72. The number of alkyl halides is 2. The number of halogens is 2. The van der Waals surface area contributed by atoms with E-state index in [-0.39, 0.29) is 38.3 Å². The lowest BCUT2D eigenvalue weighted by atomic mass is 10.1. The standard InChI is InChI=1S/C17H25F2N3O3/c1-3-4-6-15(23)21(2)14(16(24)25-12-9-20)7-11-22-10-5-8-17(18,19)13-22/h3,14H,1,4-8,10-13H2,2H3. The van der Waals surface area contributed by atoms with Crippen LogP contribution in [0.4, 0.5) is 8.78 Å². The van der Waals surface area contributed by atoms with Gasteiger partial charge >= 0.3 is 5.97 Å². The van der Waals surface area contributed by atoms with E-state index in [0.29, 0.717) is 19.4 Å². The van der Waals surface area contributed by atoms with Crippen molar-refractivity contribution < 1.29 is 23.1 Å². The number of esters is 1. The Bertz CT molecular complexity index is 520. The van der Waals surface area contributed by atoms with Gasteiger partial charge < -0.3 is 9.64 Å². The number of amides is 1. The molecular formula is C17H25F2N3O3. The van der Waals surface area contributed by atoms with E-state index < -0.39 is 24.5 Å². The molecule has 1 fully saturated rings. The highest BCUT2D eigenvalue weighted by atomic mass is 19.3. The number of piperidine rings is 1. The number of likely N-dealkylation sites (N-methyl/N-ethyl adjacent to an activating group) is 1. The fraction of sp³-hybridized carbons (Fsp3) is 0.706. The molecule has 1 unspecified atom stereocenters. The first-order valence-corrected chi connectivity index (χ1v) is 8.31. The summed E-state index contributed by atoms with van der Waals surface area (Å²) in [5.41, 5.74) is 0. The smallest absolute Gasteiger partial charge is 0.329 e. The molecule has 1 atom stereocenters. The highest BCUT2D eigenvalue weighted by Crippen LogP contribution is 2.26. The van der Waals surface area contributed by atoms with Crippen molar-refractivity contribution in [2.75, 3.05) is 33.3 Å². The zero-order valence-electron chi connectivity index (χ0n) is 14.5. The second-order valence-electron chi connectivity index (χ2n) is 6.14. The Morgan fingerprint density at radius 1 is 1.52 bits per heavy atom. The number of carbonyl (C=O) groups excluding carboxylic acids is 2. The van der Waals surface area contributed by atoms with Crippen molar-refractivity contribution in [2.45, 2.75) is 44.1 Å². The number of likely N-dealkylation sites (tertiary alicyclic amines) is 1. The Labute approximate surface area is 147 Å². The molecule has 1 heterocycles. The average Bonchev–Trinajstić information content (AvgIpc) is 2.56. The molecule has 1 aliphatic heterocycles. The molecule has 8 heteroatoms. The van der Waals surface area contributed by atoms with Crippen molar-refractivity contribution in [2.24, 2.45) is 0 Å². The van der Waals surface area contributed by atoms with Gasteiger partial charge in [-0.3, -0.25) is 9.69 Å². The molecule has 140 valence electrons. The fourth-order valence-electron chi connectivity index (χ4n) is 2.79. The van der Waals surface area contributed by atoms with Gasteiger partial charge in [0.1, 0.15) is 12.1 Å². The summed E-state index contributed by atoms with van der Waals surface area (Å²) in [6.45, 7) is 3.57. The third-order valence-electron chi connectivity index (χ3n) is 4.16. The average molecular weight is 357 g/mol. The first kappa shape index (κ1) is 21.0. The Morgan fingerprint density at radius 2 is 2.24 bits per heavy atom. The molecule has 1 saturated heterocycles. The van der Waals surface area contributed by atoms with E-state index in [2.05, 4.69) is 6.58 Å². The monoisotopic (exact) mass is 357 g/mol. The van der Waals surface area contributed by atoms with Crippen LogP contribution in [0.25, 0.3) is 0 Å². The van der Waals surface area contributed by atoms with Crippen molar-refractivity contribution in [3.05, 3.63) is 12.7 Å². The third-order valence-corrected chi connectivity index (χ3v) is 4.16. The van der Waals surface area contributed by atoms with E-state index in [1.807, 2.05) is 0 Å². The predicted molar refractivity (Wildman–Crippen MR) is 87.8 cm³/mol. The van der Waals surface area contributed by atoms with Gasteiger partial charge in [-0.2, -0.15) is 5.26 Å². The molecular weight excluding hydrogens is 332 g/mol. The fourth-order valence-corrected chi connectivity index (χ4v) is 2.79. The van der Waals surface area contributed by atoms with Gasteiger partial charge in [-0.15, -0.1) is 6.58 Å². The van der Waals surface area contributed by atoms with Crippen molar-refractivity contribution in [1.29, 1.82) is 5.26 Å². The lowest BCUT2D eigenvalue weighted by Crippen LogP contribution is -2.48. The predicted octanol–water partition coefficient (Wildman–Crippen LogP) is 1.97. The van der Waals surface area contributed by atoms with Crippen molar-refractivity contribution in [3.63, 3.8) is 0 Å². The highest BCUT2D eigenvalue weighted by molar-refractivity contribution is 5.84. The zero-order chi connectivity index (χ0) is 18.9. The van der Waals surface area contributed by atoms with Crippen LogP contribution in [0.2, 0.25) is 0 Å². The first-order valence-electron chi connectivity index (χ1n) is 8.31. The Kier molecular flexibility index (Phi) is 8.49. The number of nitrogens with zero attached hydrogens (tertiary/aromatic N) is 3. The number of allylic oxidation sites excluding steroid dienone is 1. The lowest BCUT2D eigenvalue weighted by molar-refractivity contribution is -0.153. The molecule has 1 amide bonds. The number of carbonyl (C=O) groups is 2. The van der Waals surface area contributed by atoms with Crippen LogP contribution >= 0.6 is 0 Å². The second kappa shape index (κ2) is 10.1. The number of rotatable bonds is 9. The van der Waals surface area contributed by atoms with E-state index in [1.165, 1.54) is 11.9 Å². The number of nitriles is 1. The van der Waals surface area contributed by atoms with Crippen LogP contribution in [-0.4, -0.2) is 66.9 Å². The van der Waals surface area contributed by atoms with Gasteiger partial charge in [0.2, 0.25) is 5.91 Å². The largest absolute Gasteiger partial charge is 0.449 e. The summed E-state index contributed by atoms with van der Waals surface area (Å²) in [4.78, 5) is 27.2. The molecule has 0 saturated carbocycles. The molecule has 1 aliphatic rings. The van der Waals surface area contributed by atoms with Crippen LogP contribution < -0.4 is 0 Å². The quantitative estimate of drug-likeness (QED) is 0.466. The van der Waals surface area contributed by atoms with Crippen molar-refractivity contribution in [3.8, 4) is 6.07 Å². The summed E-state index contributed by atoms with van der Waals surface area (Å²) in [6.07, 6.45) is 2.72. The normalized spacial score (nSPS) is 18.0. The van der Waals surface area contributed by atoms with Gasteiger partial charge in [-0.25, -0.2) is 13.6 Å². The topological polar surface area (TPSA) is 73.6 Å². The molecule has 0 aromatic rings. The summed E-state index contributed by atoms with van der Waals surface area (Å²) in [5, 5.41) is 8.54. The minimum Gasteiger partial charge on any atom is -0.449 e. The van der Waals surface area contributed by atoms with Crippen LogP contribution in [0.15, 0.2) is 12.7 Å². The van der Waals surface area contributed by atoms with Gasteiger partial charge in [-0.1, -0.05) is 6.08 Å². The highest BCUT2D eigenvalue weighted by Gasteiger charge is 2.36. The van der Waals surface area contributed by atoms with Crippen LogP contribution in [0.1, 0.15) is 32.1 Å². The molecule has 1 rings (SSSR count). The first-order chi connectivity index (χ1) is 11.8. The van der Waals surface area contributed by atoms with Gasteiger partial charge in [-0.05, 0) is 25.8 Å². The molecule has 0 bridgehead atoms. The minimum absolute atomic E-state index is 0.128. The van der Waals surface area contributed by atoms with Gasteiger partial charge in [0.25, 0.3) is 5.92 Å². The Hall–Kier alpha value is -2.01. The van der Waals surface area contributed by atoms with E-state index in [9.17, 15) is 18.4 Å². The molecule has 0 N–H and O–H groups in total. The molecule has 0 aliphatic carbocycles. The van der Waals surface area contributed by atoms with Crippen LogP contribution in [-0.2, 0) is 14.3 Å². The van der Waals surface area contributed by atoms with Crippen LogP contribution in [0.3, 0.4) is 0 Å². The van der Waals surface area contributed by atoms with E-state index in [0.717, 1.165) is 0 Å². The molecule has 0 aromatic carbocycles. The van der Waals surface area contributed by atoms with Gasteiger partial charge in [0, 0.05) is 26.4 Å². The maximum atomic E-state index is 13.5. The molecule has 6 nitrogen and oxygen atoms in total. The molecule has 25 heavy (non-hydrogen) atoms. The lowest BCUT2D eigenvalue weighted by Gasteiger charge is -2.34. The van der Waals surface area contributed by atoms with Crippen LogP contribution in [0.5, 0.6) is 0 Å². The number of hydrogen-bond donors (Lipinski definition) is 0.